The van der Waals surface area contributed by atoms with Gasteiger partial charge in [0.1, 0.15) is 0 Å². The lowest BCUT2D eigenvalue weighted by Gasteiger charge is -2.27. The van der Waals surface area contributed by atoms with Gasteiger partial charge in [0.05, 0.1) is 17.7 Å². The van der Waals surface area contributed by atoms with Crippen molar-refractivity contribution in [2.45, 2.75) is 19.4 Å². The Morgan fingerprint density at radius 1 is 1.29 bits per heavy atom. The monoisotopic (exact) mass is 288 g/mol. The molecule has 3 rings (SSSR count). The van der Waals surface area contributed by atoms with Crippen LogP contribution >= 0.6 is 0 Å². The summed E-state index contributed by atoms with van der Waals surface area (Å²) in [6.07, 6.45) is 0.973. The van der Waals surface area contributed by atoms with Crippen LogP contribution in [0.5, 0.6) is 0 Å². The van der Waals surface area contributed by atoms with Gasteiger partial charge in [0.15, 0.2) is 0 Å². The number of benzene rings is 1. The third kappa shape index (κ3) is 2.59. The van der Waals surface area contributed by atoms with Crippen molar-refractivity contribution in [3.63, 3.8) is 0 Å². The maximum absolute atomic E-state index is 12.4. The number of nitrogens with zero attached hydrogens (tertiary/aromatic N) is 1. The van der Waals surface area contributed by atoms with Gasteiger partial charge in [0.25, 0.3) is 11.8 Å². The molecule has 1 fully saturated rings. The molecule has 0 aromatic heterocycles. The number of carbonyl (C=O) groups is 2. The van der Waals surface area contributed by atoms with E-state index in [2.05, 4.69) is 5.32 Å². The topological polar surface area (TPSA) is 58.6 Å². The van der Waals surface area contributed by atoms with Crippen molar-refractivity contribution in [1.29, 1.82) is 0 Å². The summed E-state index contributed by atoms with van der Waals surface area (Å²) < 4.78 is 5.44. The van der Waals surface area contributed by atoms with Gasteiger partial charge in [-0.15, -0.1) is 0 Å². The van der Waals surface area contributed by atoms with Crippen LogP contribution in [0.1, 0.15) is 34.1 Å². The fourth-order valence-corrected chi connectivity index (χ4v) is 3.11. The molecule has 1 saturated heterocycles. The molecule has 112 valence electrons. The Balaban J connectivity index is 1.78. The van der Waals surface area contributed by atoms with E-state index >= 15 is 0 Å². The molecule has 2 atom stereocenters. The van der Waals surface area contributed by atoms with E-state index < -0.39 is 0 Å². The lowest BCUT2D eigenvalue weighted by Crippen LogP contribution is -2.47. The van der Waals surface area contributed by atoms with E-state index in [0.717, 1.165) is 19.6 Å². The second-order valence-electron chi connectivity index (χ2n) is 5.55. The highest BCUT2D eigenvalue weighted by atomic mass is 16.5. The summed E-state index contributed by atoms with van der Waals surface area (Å²) in [7, 11) is 0. The van der Waals surface area contributed by atoms with E-state index in [-0.39, 0.29) is 17.9 Å². The molecule has 2 aliphatic rings. The smallest absolute Gasteiger partial charge is 0.261 e. The largest absolute Gasteiger partial charge is 0.381 e. The van der Waals surface area contributed by atoms with Crippen molar-refractivity contribution < 1.29 is 14.3 Å². The number of imide groups is 1. The fourth-order valence-electron chi connectivity index (χ4n) is 3.11. The van der Waals surface area contributed by atoms with Gasteiger partial charge in [-0.1, -0.05) is 19.1 Å². The quantitative estimate of drug-likeness (QED) is 0.830. The molecule has 5 nitrogen and oxygen atoms in total. The number of nitrogens with one attached hydrogen (secondary N) is 1. The third-order valence-electron chi connectivity index (χ3n) is 4.26. The fraction of sp³-hybridized carbons (Fsp3) is 0.500. The molecule has 1 N–H and O–H groups in total. The number of hydrogen-bond acceptors (Lipinski definition) is 4. The van der Waals surface area contributed by atoms with Gasteiger partial charge < -0.3 is 10.1 Å². The molecule has 2 heterocycles. The average Bonchev–Trinajstić information content (AvgIpc) is 3.11. The minimum atomic E-state index is -0.183. The first-order valence-corrected chi connectivity index (χ1v) is 7.48. The maximum atomic E-state index is 12.4. The van der Waals surface area contributed by atoms with E-state index in [1.54, 1.807) is 24.3 Å². The number of amides is 2. The van der Waals surface area contributed by atoms with Crippen LogP contribution in [0.2, 0.25) is 0 Å². The summed E-state index contributed by atoms with van der Waals surface area (Å²) in [4.78, 5) is 26.2. The zero-order valence-electron chi connectivity index (χ0n) is 12.2. The van der Waals surface area contributed by atoms with Gasteiger partial charge >= 0.3 is 0 Å². The first kappa shape index (κ1) is 14.2. The lowest BCUT2D eigenvalue weighted by molar-refractivity contribution is 0.0621. The molecule has 0 aliphatic carbocycles. The van der Waals surface area contributed by atoms with Gasteiger partial charge in [-0.05, 0) is 25.1 Å². The Morgan fingerprint density at radius 2 is 1.95 bits per heavy atom. The van der Waals surface area contributed by atoms with Crippen molar-refractivity contribution in [2.24, 2.45) is 5.92 Å². The van der Waals surface area contributed by atoms with Crippen LogP contribution in [0.25, 0.3) is 0 Å². The van der Waals surface area contributed by atoms with Crippen LogP contribution < -0.4 is 5.32 Å². The molecular weight excluding hydrogens is 268 g/mol. The van der Waals surface area contributed by atoms with Gasteiger partial charge in [-0.25, -0.2) is 0 Å². The first-order valence-electron chi connectivity index (χ1n) is 7.48. The van der Waals surface area contributed by atoms with Gasteiger partial charge in [0.2, 0.25) is 0 Å². The van der Waals surface area contributed by atoms with Crippen LogP contribution in [-0.4, -0.2) is 49.1 Å². The summed E-state index contributed by atoms with van der Waals surface area (Å²) in [6, 6.07) is 7.12. The molecular formula is C16H20N2O3. The summed E-state index contributed by atoms with van der Waals surface area (Å²) in [5.41, 5.74) is 1.03. The van der Waals surface area contributed by atoms with E-state index in [1.165, 1.54) is 4.90 Å². The third-order valence-corrected chi connectivity index (χ3v) is 4.26. The number of rotatable bonds is 5. The highest BCUT2D eigenvalue weighted by molar-refractivity contribution is 6.21. The van der Waals surface area contributed by atoms with Crippen molar-refractivity contribution >= 4 is 11.8 Å². The Hall–Kier alpha value is -1.72. The normalized spacial score (nSPS) is 22.7. The number of carbonyl (C=O) groups excluding carboxylic acids is 2. The van der Waals surface area contributed by atoms with Crippen LogP contribution in [-0.2, 0) is 4.74 Å². The van der Waals surface area contributed by atoms with Gasteiger partial charge in [-0.2, -0.15) is 0 Å². The van der Waals surface area contributed by atoms with Crippen molar-refractivity contribution in [3.8, 4) is 0 Å². The second kappa shape index (κ2) is 5.95. The molecule has 1 aromatic rings. The van der Waals surface area contributed by atoms with Crippen molar-refractivity contribution in [3.05, 3.63) is 35.4 Å². The van der Waals surface area contributed by atoms with E-state index in [4.69, 9.17) is 4.74 Å². The van der Waals surface area contributed by atoms with Crippen LogP contribution in [0.3, 0.4) is 0 Å². The van der Waals surface area contributed by atoms with Crippen molar-refractivity contribution in [1.82, 2.24) is 10.2 Å². The summed E-state index contributed by atoms with van der Waals surface area (Å²) >= 11 is 0. The van der Waals surface area contributed by atoms with E-state index in [9.17, 15) is 9.59 Å². The minimum Gasteiger partial charge on any atom is -0.381 e. The lowest BCUT2D eigenvalue weighted by atomic mass is 9.98. The predicted molar refractivity (Wildman–Crippen MR) is 78.2 cm³/mol. The number of ether oxygens (including phenoxy) is 1. The molecule has 21 heavy (non-hydrogen) atoms. The highest BCUT2D eigenvalue weighted by Gasteiger charge is 2.38. The Bertz CT molecular complexity index is 517. The summed E-state index contributed by atoms with van der Waals surface area (Å²) in [5, 5.41) is 3.39. The molecule has 2 unspecified atom stereocenters. The second-order valence-corrected chi connectivity index (χ2v) is 5.55. The van der Waals surface area contributed by atoms with Crippen LogP contribution in [0.15, 0.2) is 24.3 Å². The Kier molecular flexibility index (Phi) is 4.03. The number of hydrogen-bond donors (Lipinski definition) is 1. The molecule has 5 heteroatoms. The molecule has 0 radical (unpaired) electrons. The zero-order valence-corrected chi connectivity index (χ0v) is 12.2. The summed E-state index contributed by atoms with van der Waals surface area (Å²) in [6.45, 7) is 4.71. The van der Waals surface area contributed by atoms with Crippen LogP contribution in [0, 0.1) is 5.92 Å². The first-order chi connectivity index (χ1) is 10.2. The zero-order chi connectivity index (χ0) is 14.8. The maximum Gasteiger partial charge on any atom is 0.261 e. The van der Waals surface area contributed by atoms with E-state index in [1.807, 2.05) is 6.92 Å². The molecule has 0 bridgehead atoms. The Morgan fingerprint density at radius 3 is 2.48 bits per heavy atom. The van der Waals surface area contributed by atoms with Crippen LogP contribution in [0.4, 0.5) is 0 Å². The molecule has 1 aromatic carbocycles. The number of fused-ring (bicyclic) bond motifs is 1. The average molecular weight is 288 g/mol. The van der Waals surface area contributed by atoms with E-state index in [0.29, 0.717) is 30.2 Å². The minimum absolute atomic E-state index is 0.0970. The molecule has 2 amide bonds. The molecule has 2 aliphatic heterocycles. The van der Waals surface area contributed by atoms with Gasteiger partial charge in [-0.3, -0.25) is 14.5 Å². The van der Waals surface area contributed by atoms with Crippen molar-refractivity contribution in [2.75, 3.05) is 26.3 Å². The molecule has 0 spiro atoms. The molecule has 0 saturated carbocycles. The SMILES string of the molecule is CCNC(CN1C(=O)c2ccccc2C1=O)C1CCOC1. The standard InChI is InChI=1S/C16H20N2O3/c1-2-17-14(11-7-8-21-10-11)9-18-15(19)12-5-3-4-6-13(12)16(18)20/h3-6,11,14,17H,2,7-10H2,1H3. The predicted octanol–water partition coefficient (Wildman–Crippen LogP) is 1.30. The Labute approximate surface area is 124 Å². The number of likely N-dealkylation sites (N-methyl/N-ethyl adjacent to an activating group) is 1. The summed E-state index contributed by atoms with van der Waals surface area (Å²) in [5.74, 6) is -0.0101. The van der Waals surface area contributed by atoms with Gasteiger partial charge in [0, 0.05) is 25.1 Å². The highest BCUT2D eigenvalue weighted by Crippen LogP contribution is 2.25.